The Kier molecular flexibility index (Phi) is 6.44. The summed E-state index contributed by atoms with van der Waals surface area (Å²) in [7, 11) is 1.72. The van der Waals surface area contributed by atoms with E-state index in [0.717, 1.165) is 19.3 Å². The van der Waals surface area contributed by atoms with Crippen molar-refractivity contribution in [2.45, 2.75) is 19.3 Å². The molecule has 0 bridgehead atoms. The predicted octanol–water partition coefficient (Wildman–Crippen LogP) is 3.96. The van der Waals surface area contributed by atoms with E-state index < -0.39 is 5.82 Å². The molecule has 0 aliphatic carbocycles. The van der Waals surface area contributed by atoms with E-state index in [2.05, 4.69) is 0 Å². The molecule has 0 atom stereocenters. The maximum absolute atomic E-state index is 13.0. The molecule has 0 N–H and O–H groups in total. The summed E-state index contributed by atoms with van der Waals surface area (Å²) in [4.78, 5) is 13.6. The second-order valence-corrected chi connectivity index (χ2v) is 4.89. The summed E-state index contributed by atoms with van der Waals surface area (Å²) < 4.78 is 13.0. The van der Waals surface area contributed by atoms with E-state index in [9.17, 15) is 9.18 Å². The van der Waals surface area contributed by atoms with Gasteiger partial charge < -0.3 is 4.90 Å². The van der Waals surface area contributed by atoms with Crippen LogP contribution in [0.15, 0.2) is 18.2 Å². The van der Waals surface area contributed by atoms with Crippen LogP contribution in [0.1, 0.15) is 29.6 Å². The highest BCUT2D eigenvalue weighted by Gasteiger charge is 2.12. The minimum Gasteiger partial charge on any atom is -0.342 e. The van der Waals surface area contributed by atoms with Gasteiger partial charge in [0.1, 0.15) is 5.82 Å². The first-order valence-corrected chi connectivity index (χ1v) is 6.74. The lowest BCUT2D eigenvalue weighted by Crippen LogP contribution is -2.27. The average Bonchev–Trinajstić information content (AvgIpc) is 2.37. The number of carbonyl (C=O) groups is 1. The van der Waals surface area contributed by atoms with E-state index in [1.54, 1.807) is 11.9 Å². The van der Waals surface area contributed by atoms with Gasteiger partial charge in [-0.3, -0.25) is 4.79 Å². The van der Waals surface area contributed by atoms with Crippen molar-refractivity contribution in [3.05, 3.63) is 34.6 Å². The van der Waals surface area contributed by atoms with Crippen LogP contribution in [0.5, 0.6) is 0 Å². The molecule has 1 aromatic carbocycles. The number of halogens is 3. The molecule has 0 saturated heterocycles. The SMILES string of the molecule is CN(CCCCCCl)C(=O)c1ccc(F)c(Cl)c1. The van der Waals surface area contributed by atoms with Gasteiger partial charge in [-0.2, -0.15) is 0 Å². The minimum atomic E-state index is -0.516. The molecule has 1 amide bonds. The van der Waals surface area contributed by atoms with Crippen LogP contribution in [0.3, 0.4) is 0 Å². The van der Waals surface area contributed by atoms with E-state index in [4.69, 9.17) is 23.2 Å². The van der Waals surface area contributed by atoms with Gasteiger partial charge in [0.05, 0.1) is 5.02 Å². The lowest BCUT2D eigenvalue weighted by Gasteiger charge is -2.17. The molecule has 2 nitrogen and oxygen atoms in total. The molecule has 0 spiro atoms. The zero-order valence-corrected chi connectivity index (χ0v) is 11.8. The Morgan fingerprint density at radius 1 is 1.33 bits per heavy atom. The summed E-state index contributed by atoms with van der Waals surface area (Å²) in [5.41, 5.74) is 0.404. The van der Waals surface area contributed by atoms with Crippen LogP contribution in [-0.4, -0.2) is 30.3 Å². The molecule has 100 valence electrons. The standard InChI is InChI=1S/C13H16Cl2FNO/c1-17(8-4-2-3-7-14)13(18)10-5-6-12(16)11(15)9-10/h5-6,9H,2-4,7-8H2,1H3. The lowest BCUT2D eigenvalue weighted by atomic mass is 10.2. The smallest absolute Gasteiger partial charge is 0.253 e. The van der Waals surface area contributed by atoms with Gasteiger partial charge in [0.2, 0.25) is 0 Å². The molecular formula is C13H16Cl2FNO. The Bertz CT molecular complexity index is 412. The largest absolute Gasteiger partial charge is 0.342 e. The summed E-state index contributed by atoms with van der Waals surface area (Å²) in [5.74, 6) is -0.0219. The van der Waals surface area contributed by atoms with Gasteiger partial charge >= 0.3 is 0 Å². The van der Waals surface area contributed by atoms with Crippen molar-refractivity contribution in [2.75, 3.05) is 19.5 Å². The Balaban J connectivity index is 2.54. The normalized spacial score (nSPS) is 10.4. The number of rotatable bonds is 6. The van der Waals surface area contributed by atoms with E-state index in [0.29, 0.717) is 18.0 Å². The van der Waals surface area contributed by atoms with Crippen LogP contribution in [-0.2, 0) is 0 Å². The number of carbonyl (C=O) groups excluding carboxylic acids is 1. The third kappa shape index (κ3) is 4.46. The van der Waals surface area contributed by atoms with Crippen molar-refractivity contribution in [1.29, 1.82) is 0 Å². The first kappa shape index (κ1) is 15.3. The number of hydrogen-bond acceptors (Lipinski definition) is 1. The molecule has 0 heterocycles. The van der Waals surface area contributed by atoms with Crippen LogP contribution in [0.25, 0.3) is 0 Å². The molecule has 0 aliphatic heterocycles. The summed E-state index contributed by atoms with van der Waals surface area (Å²) >= 11 is 11.2. The fraction of sp³-hybridized carbons (Fsp3) is 0.462. The molecule has 1 aromatic rings. The zero-order valence-electron chi connectivity index (χ0n) is 10.3. The third-order valence-electron chi connectivity index (χ3n) is 2.64. The summed E-state index contributed by atoms with van der Waals surface area (Å²) in [6.07, 6.45) is 2.85. The first-order chi connectivity index (χ1) is 8.56. The number of benzene rings is 1. The Morgan fingerprint density at radius 3 is 2.67 bits per heavy atom. The van der Waals surface area contributed by atoms with Gasteiger partial charge in [-0.1, -0.05) is 18.0 Å². The third-order valence-corrected chi connectivity index (χ3v) is 3.20. The second kappa shape index (κ2) is 7.59. The van der Waals surface area contributed by atoms with E-state index >= 15 is 0 Å². The Hall–Kier alpha value is -0.800. The molecular weight excluding hydrogens is 276 g/mol. The first-order valence-electron chi connectivity index (χ1n) is 5.82. The number of alkyl halides is 1. The van der Waals surface area contributed by atoms with Crippen molar-refractivity contribution in [1.82, 2.24) is 4.90 Å². The van der Waals surface area contributed by atoms with Gasteiger partial charge in [-0.15, -0.1) is 11.6 Å². The fourth-order valence-corrected chi connectivity index (χ4v) is 1.94. The van der Waals surface area contributed by atoms with E-state index in [1.165, 1.54) is 18.2 Å². The molecule has 0 saturated carbocycles. The van der Waals surface area contributed by atoms with Crippen molar-refractivity contribution in [2.24, 2.45) is 0 Å². The number of unbranched alkanes of at least 4 members (excludes halogenated alkanes) is 2. The van der Waals surface area contributed by atoms with E-state index in [1.807, 2.05) is 0 Å². The molecule has 0 fully saturated rings. The van der Waals surface area contributed by atoms with Crippen molar-refractivity contribution in [3.63, 3.8) is 0 Å². The van der Waals surface area contributed by atoms with Gasteiger partial charge in [0.25, 0.3) is 5.91 Å². The van der Waals surface area contributed by atoms with Gasteiger partial charge in [-0.25, -0.2) is 4.39 Å². The molecule has 5 heteroatoms. The summed E-state index contributed by atoms with van der Waals surface area (Å²) in [5, 5.41) is -0.0311. The number of hydrogen-bond donors (Lipinski definition) is 0. The van der Waals surface area contributed by atoms with Crippen LogP contribution in [0.2, 0.25) is 5.02 Å². The monoisotopic (exact) mass is 291 g/mol. The second-order valence-electron chi connectivity index (χ2n) is 4.11. The summed E-state index contributed by atoms with van der Waals surface area (Å²) in [6, 6.07) is 4.00. The van der Waals surface area contributed by atoms with Gasteiger partial charge in [0.15, 0.2) is 0 Å². The van der Waals surface area contributed by atoms with E-state index in [-0.39, 0.29) is 10.9 Å². The Labute approximate surface area is 117 Å². The zero-order chi connectivity index (χ0) is 13.5. The van der Waals surface area contributed by atoms with Gasteiger partial charge in [-0.05, 0) is 31.0 Å². The maximum Gasteiger partial charge on any atom is 0.253 e. The lowest BCUT2D eigenvalue weighted by molar-refractivity contribution is 0.0792. The fourth-order valence-electron chi connectivity index (χ4n) is 1.57. The van der Waals surface area contributed by atoms with Crippen LogP contribution in [0, 0.1) is 5.82 Å². The molecule has 1 rings (SSSR count). The molecule has 0 aromatic heterocycles. The molecule has 0 unspecified atom stereocenters. The minimum absolute atomic E-state index is 0.0311. The summed E-state index contributed by atoms with van der Waals surface area (Å²) in [6.45, 7) is 0.657. The predicted molar refractivity (Wildman–Crippen MR) is 72.9 cm³/mol. The molecule has 0 radical (unpaired) electrons. The van der Waals surface area contributed by atoms with Crippen molar-refractivity contribution >= 4 is 29.1 Å². The number of nitrogens with zero attached hydrogens (tertiary/aromatic N) is 1. The maximum atomic E-state index is 13.0. The van der Waals surface area contributed by atoms with Crippen LogP contribution >= 0.6 is 23.2 Å². The average molecular weight is 292 g/mol. The van der Waals surface area contributed by atoms with Crippen LogP contribution < -0.4 is 0 Å². The molecule has 0 aliphatic rings. The highest BCUT2D eigenvalue weighted by Crippen LogP contribution is 2.17. The topological polar surface area (TPSA) is 20.3 Å². The highest BCUT2D eigenvalue weighted by atomic mass is 35.5. The van der Waals surface area contributed by atoms with Crippen molar-refractivity contribution < 1.29 is 9.18 Å². The quantitative estimate of drug-likeness (QED) is 0.574. The number of amides is 1. The highest BCUT2D eigenvalue weighted by molar-refractivity contribution is 6.31. The van der Waals surface area contributed by atoms with Gasteiger partial charge in [0, 0.05) is 25.0 Å². The van der Waals surface area contributed by atoms with Crippen molar-refractivity contribution in [3.8, 4) is 0 Å². The molecule has 18 heavy (non-hydrogen) atoms. The van der Waals surface area contributed by atoms with Crippen LogP contribution in [0.4, 0.5) is 4.39 Å². The Morgan fingerprint density at radius 2 is 2.06 bits per heavy atom.